The summed E-state index contributed by atoms with van der Waals surface area (Å²) in [5.74, 6) is 0.304. The molecule has 2 rings (SSSR count). The van der Waals surface area contributed by atoms with Gasteiger partial charge in [-0.15, -0.1) is 11.6 Å². The molecule has 0 unspecified atom stereocenters. The van der Waals surface area contributed by atoms with E-state index in [2.05, 4.69) is 41.8 Å². The number of Topliss-reactive ketones (excluding diaryl/α,β-unsaturated/α-hetero) is 2. The number of rotatable bonds is 3. The first-order chi connectivity index (χ1) is 10.8. The number of halogens is 3. The second-order valence-corrected chi connectivity index (χ2v) is 6.78. The van der Waals surface area contributed by atoms with Gasteiger partial charge in [-0.2, -0.15) is 0 Å². The predicted octanol–water partition coefficient (Wildman–Crippen LogP) is 5.14. The maximum atomic E-state index is 11.1. The van der Waals surface area contributed by atoms with Crippen LogP contribution in [-0.2, 0) is 5.88 Å². The normalized spacial score (nSPS) is 9.83. The van der Waals surface area contributed by atoms with E-state index < -0.39 is 0 Å². The molecule has 0 aromatic carbocycles. The highest BCUT2D eigenvalue weighted by Gasteiger charge is 2.07. The molecule has 0 amide bonds. The molecule has 0 fully saturated rings. The average molecular weight is 463 g/mol. The maximum absolute atomic E-state index is 11.1. The minimum Gasteiger partial charge on any atom is -0.294 e. The second kappa shape index (κ2) is 9.25. The Labute approximate surface area is 156 Å². The molecule has 2 heterocycles. The summed E-state index contributed by atoms with van der Waals surface area (Å²) in [6.07, 6.45) is 3.31. The van der Waals surface area contributed by atoms with E-state index in [9.17, 15) is 9.59 Å². The lowest BCUT2D eigenvalue weighted by Crippen LogP contribution is -2.00. The van der Waals surface area contributed by atoms with Crippen LogP contribution in [0.5, 0.6) is 0 Å². The first kappa shape index (κ1) is 19.9. The summed E-state index contributed by atoms with van der Waals surface area (Å²) in [6, 6.07) is 3.51. The minimum atomic E-state index is -0.0144. The van der Waals surface area contributed by atoms with Crippen molar-refractivity contribution in [1.82, 2.24) is 9.97 Å². The highest BCUT2D eigenvalue weighted by molar-refractivity contribution is 9.10. The van der Waals surface area contributed by atoms with Gasteiger partial charge in [-0.05, 0) is 64.8 Å². The summed E-state index contributed by atoms with van der Waals surface area (Å²) in [5, 5.41) is 0. The van der Waals surface area contributed by atoms with Gasteiger partial charge in [0, 0.05) is 38.2 Å². The standard InChI is InChI=1S/C8H7BrClNO.C8H8BrNO/c1-5(12)7-2-6(9)4-11-8(7)3-10;1-5-8(6(2)11)3-7(9)4-10-5/h2,4H,3H2,1H3;3-4H,1-2H3. The van der Waals surface area contributed by atoms with Gasteiger partial charge in [0.25, 0.3) is 0 Å². The highest BCUT2D eigenvalue weighted by atomic mass is 79.9. The Hall–Kier alpha value is -1.11. The van der Waals surface area contributed by atoms with E-state index in [1.165, 1.54) is 13.8 Å². The van der Waals surface area contributed by atoms with Crippen molar-refractivity contribution in [2.45, 2.75) is 26.7 Å². The fourth-order valence-corrected chi connectivity index (χ4v) is 2.62. The van der Waals surface area contributed by atoms with E-state index in [4.69, 9.17) is 11.6 Å². The molecule has 0 saturated heterocycles. The smallest absolute Gasteiger partial charge is 0.161 e. The molecule has 0 aliphatic rings. The van der Waals surface area contributed by atoms with Crippen LogP contribution in [0.4, 0.5) is 0 Å². The lowest BCUT2D eigenvalue weighted by atomic mass is 10.1. The Morgan fingerprint density at radius 2 is 1.48 bits per heavy atom. The first-order valence-corrected chi connectivity index (χ1v) is 8.72. The van der Waals surface area contributed by atoms with Crippen molar-refractivity contribution < 1.29 is 9.59 Å². The minimum absolute atomic E-state index is 0.0144. The summed E-state index contributed by atoms with van der Waals surface area (Å²) in [4.78, 5) is 30.1. The average Bonchev–Trinajstić information content (AvgIpc) is 2.50. The summed E-state index contributed by atoms with van der Waals surface area (Å²) < 4.78 is 1.63. The summed E-state index contributed by atoms with van der Waals surface area (Å²) in [7, 11) is 0. The van der Waals surface area contributed by atoms with Gasteiger partial charge in [-0.25, -0.2) is 0 Å². The van der Waals surface area contributed by atoms with Crippen molar-refractivity contribution in [3.8, 4) is 0 Å². The van der Waals surface area contributed by atoms with Gasteiger partial charge in [0.05, 0.1) is 11.6 Å². The lowest BCUT2D eigenvalue weighted by molar-refractivity contribution is 0.100. The number of carbonyl (C=O) groups is 2. The largest absolute Gasteiger partial charge is 0.294 e. The van der Waals surface area contributed by atoms with Crippen molar-refractivity contribution in [2.24, 2.45) is 0 Å². The molecule has 0 bridgehead atoms. The zero-order valence-electron chi connectivity index (χ0n) is 12.9. The van der Waals surface area contributed by atoms with Crippen molar-refractivity contribution >= 4 is 55.0 Å². The highest BCUT2D eigenvalue weighted by Crippen LogP contribution is 2.16. The molecule has 0 radical (unpaired) electrons. The van der Waals surface area contributed by atoms with Crippen LogP contribution in [0.2, 0.25) is 0 Å². The third-order valence-corrected chi connectivity index (χ3v) is 4.00. The molecule has 2 aromatic rings. The summed E-state index contributed by atoms with van der Waals surface area (Å²) >= 11 is 12.1. The van der Waals surface area contributed by atoms with E-state index in [1.807, 2.05) is 6.92 Å². The summed E-state index contributed by atoms with van der Waals surface area (Å²) in [6.45, 7) is 4.86. The van der Waals surface area contributed by atoms with Gasteiger partial charge in [-0.3, -0.25) is 19.6 Å². The third kappa shape index (κ3) is 6.12. The number of carbonyl (C=O) groups excluding carboxylic acids is 2. The van der Waals surface area contributed by atoms with E-state index >= 15 is 0 Å². The van der Waals surface area contributed by atoms with Crippen LogP contribution in [-0.4, -0.2) is 21.5 Å². The fourth-order valence-electron chi connectivity index (χ4n) is 1.74. The molecule has 0 saturated carbocycles. The van der Waals surface area contributed by atoms with Crippen LogP contribution in [0.15, 0.2) is 33.5 Å². The Balaban J connectivity index is 0.000000231. The second-order valence-electron chi connectivity index (χ2n) is 4.68. The Kier molecular flexibility index (Phi) is 8.02. The molecule has 0 aliphatic heterocycles. The molecule has 2 aromatic heterocycles. The molecule has 0 N–H and O–H groups in total. The molecule has 0 aliphatic carbocycles. The third-order valence-electron chi connectivity index (χ3n) is 2.88. The SMILES string of the molecule is CC(=O)c1cc(Br)cnc1C.CC(=O)c1cc(Br)cnc1CCl. The van der Waals surface area contributed by atoms with Crippen molar-refractivity contribution in [3.05, 3.63) is 56.0 Å². The quantitative estimate of drug-likeness (QED) is 0.468. The number of aryl methyl sites for hydroxylation is 1. The van der Waals surface area contributed by atoms with Gasteiger partial charge in [0.15, 0.2) is 11.6 Å². The summed E-state index contributed by atoms with van der Waals surface area (Å²) in [5.41, 5.74) is 2.67. The topological polar surface area (TPSA) is 59.9 Å². The van der Waals surface area contributed by atoms with Gasteiger partial charge in [-0.1, -0.05) is 0 Å². The maximum Gasteiger partial charge on any atom is 0.161 e. The zero-order chi connectivity index (χ0) is 17.6. The van der Waals surface area contributed by atoms with Crippen LogP contribution in [0.3, 0.4) is 0 Å². The number of nitrogens with zero attached hydrogens (tertiary/aromatic N) is 2. The molecule has 0 atom stereocenters. The molecule has 23 heavy (non-hydrogen) atoms. The van der Waals surface area contributed by atoms with Gasteiger partial charge < -0.3 is 0 Å². The Bertz CT molecular complexity index is 736. The van der Waals surface area contributed by atoms with Gasteiger partial charge in [0.1, 0.15) is 0 Å². The van der Waals surface area contributed by atoms with E-state index in [-0.39, 0.29) is 17.4 Å². The van der Waals surface area contributed by atoms with Crippen LogP contribution >= 0.6 is 43.5 Å². The van der Waals surface area contributed by atoms with Gasteiger partial charge in [0.2, 0.25) is 0 Å². The first-order valence-electron chi connectivity index (χ1n) is 6.60. The number of hydrogen-bond acceptors (Lipinski definition) is 4. The zero-order valence-corrected chi connectivity index (χ0v) is 16.8. The number of hydrogen-bond donors (Lipinski definition) is 0. The number of ketones is 2. The van der Waals surface area contributed by atoms with Crippen molar-refractivity contribution in [3.63, 3.8) is 0 Å². The lowest BCUT2D eigenvalue weighted by Gasteiger charge is -2.01. The Morgan fingerprint density at radius 1 is 1.00 bits per heavy atom. The van der Waals surface area contributed by atoms with E-state index in [0.29, 0.717) is 16.8 Å². The van der Waals surface area contributed by atoms with Crippen LogP contribution in [0.1, 0.15) is 46.0 Å². The van der Waals surface area contributed by atoms with Crippen LogP contribution in [0.25, 0.3) is 0 Å². The molecular weight excluding hydrogens is 447 g/mol. The van der Waals surface area contributed by atoms with E-state index in [1.54, 1.807) is 24.5 Å². The number of alkyl halides is 1. The molecule has 0 spiro atoms. The number of aromatic nitrogens is 2. The van der Waals surface area contributed by atoms with E-state index in [0.717, 1.165) is 14.6 Å². The van der Waals surface area contributed by atoms with Crippen LogP contribution in [0, 0.1) is 6.92 Å². The number of pyridine rings is 2. The predicted molar refractivity (Wildman–Crippen MR) is 98.2 cm³/mol. The van der Waals surface area contributed by atoms with Crippen LogP contribution < -0.4 is 0 Å². The fraction of sp³-hybridized carbons (Fsp3) is 0.250. The monoisotopic (exact) mass is 460 g/mol. The molecular formula is C16H15Br2ClN2O2. The Morgan fingerprint density at radius 3 is 1.91 bits per heavy atom. The van der Waals surface area contributed by atoms with Gasteiger partial charge >= 0.3 is 0 Å². The molecule has 4 nitrogen and oxygen atoms in total. The molecule has 122 valence electrons. The molecule has 7 heteroatoms. The van der Waals surface area contributed by atoms with Crippen molar-refractivity contribution in [1.29, 1.82) is 0 Å². The van der Waals surface area contributed by atoms with Crippen molar-refractivity contribution in [2.75, 3.05) is 0 Å².